The molecule has 7 heteroatoms. The Balaban J connectivity index is 2.06. The molecule has 0 fully saturated rings. The molecule has 2 aromatic rings. The lowest BCUT2D eigenvalue weighted by Crippen LogP contribution is -2.08. The average Bonchev–Trinajstić information content (AvgIpc) is 2.77. The summed E-state index contributed by atoms with van der Waals surface area (Å²) in [5.74, 6) is 1.62. The van der Waals surface area contributed by atoms with E-state index in [0.717, 1.165) is 10.6 Å². The van der Waals surface area contributed by atoms with Crippen LogP contribution in [0.15, 0.2) is 18.3 Å². The molecule has 0 aromatic carbocycles. The van der Waals surface area contributed by atoms with E-state index in [-0.39, 0.29) is 6.10 Å². The number of nitrogens with two attached hydrogens (primary N) is 1. The van der Waals surface area contributed by atoms with Crippen LogP contribution in [0.2, 0.25) is 0 Å². The third-order valence-electron chi connectivity index (χ3n) is 2.49. The van der Waals surface area contributed by atoms with Crippen LogP contribution in [0, 0.1) is 0 Å². The van der Waals surface area contributed by atoms with E-state index in [1.807, 2.05) is 26.0 Å². The van der Waals surface area contributed by atoms with Crippen LogP contribution in [0.3, 0.4) is 0 Å². The van der Waals surface area contributed by atoms with Gasteiger partial charge in [0.25, 0.3) is 0 Å². The molecule has 0 aliphatic heterocycles. The minimum Gasteiger partial charge on any atom is -0.484 e. The van der Waals surface area contributed by atoms with Gasteiger partial charge in [-0.1, -0.05) is 0 Å². The van der Waals surface area contributed by atoms with Gasteiger partial charge in [-0.15, -0.1) is 0 Å². The van der Waals surface area contributed by atoms with E-state index in [4.69, 9.17) is 15.2 Å². The molecule has 0 spiro atoms. The topological polar surface area (TPSA) is 82.3 Å². The number of nitrogen functional groups attached to an aromatic ring is 1. The molecule has 0 aliphatic carbocycles. The van der Waals surface area contributed by atoms with E-state index in [2.05, 4.69) is 14.7 Å². The van der Waals surface area contributed by atoms with Crippen molar-refractivity contribution in [2.75, 3.05) is 18.2 Å². The number of anilines is 2. The molecule has 0 saturated carbocycles. The van der Waals surface area contributed by atoms with Crippen LogP contribution in [0.25, 0.3) is 0 Å². The fraction of sp³-hybridized carbons (Fsp3) is 0.385. The average molecular weight is 294 g/mol. The van der Waals surface area contributed by atoms with Crippen molar-refractivity contribution in [3.05, 3.63) is 23.9 Å². The summed E-state index contributed by atoms with van der Waals surface area (Å²) in [4.78, 5) is 4.07. The van der Waals surface area contributed by atoms with Gasteiger partial charge in [-0.3, -0.25) is 0 Å². The second-order valence-corrected chi connectivity index (χ2v) is 5.23. The molecule has 2 aromatic heterocycles. The van der Waals surface area contributed by atoms with Crippen LogP contribution < -0.4 is 20.5 Å². The zero-order valence-corrected chi connectivity index (χ0v) is 12.5. The largest absolute Gasteiger partial charge is 0.484 e. The number of methoxy groups -OCH3 is 1. The normalized spacial score (nSPS) is 10.6. The first-order valence-corrected chi connectivity index (χ1v) is 7.02. The number of hydrogen-bond acceptors (Lipinski definition) is 7. The second-order valence-electron chi connectivity index (χ2n) is 4.45. The van der Waals surface area contributed by atoms with Crippen molar-refractivity contribution < 1.29 is 9.47 Å². The highest BCUT2D eigenvalue weighted by Gasteiger charge is 2.14. The molecule has 0 radical (unpaired) electrons. The fourth-order valence-electron chi connectivity index (χ4n) is 1.61. The summed E-state index contributed by atoms with van der Waals surface area (Å²) in [6.07, 6.45) is 1.76. The lowest BCUT2D eigenvalue weighted by atomic mass is 10.2. The third-order valence-corrected chi connectivity index (χ3v) is 3.29. The van der Waals surface area contributed by atoms with E-state index in [0.29, 0.717) is 24.0 Å². The lowest BCUT2D eigenvalue weighted by molar-refractivity contribution is 0.245. The van der Waals surface area contributed by atoms with Gasteiger partial charge >= 0.3 is 0 Å². The first-order chi connectivity index (χ1) is 9.60. The summed E-state index contributed by atoms with van der Waals surface area (Å²) >= 11 is 1.29. The summed E-state index contributed by atoms with van der Waals surface area (Å²) < 4.78 is 14.9. The second kappa shape index (κ2) is 6.42. The Labute approximate surface area is 122 Å². The number of pyridine rings is 1. The van der Waals surface area contributed by atoms with E-state index < -0.39 is 0 Å². The number of rotatable bonds is 6. The number of nitrogens with zero attached hydrogens (tertiary/aromatic N) is 2. The van der Waals surface area contributed by atoms with Gasteiger partial charge in [0.1, 0.15) is 0 Å². The van der Waals surface area contributed by atoms with Crippen molar-refractivity contribution in [1.29, 1.82) is 0 Å². The molecule has 20 heavy (non-hydrogen) atoms. The van der Waals surface area contributed by atoms with Crippen molar-refractivity contribution in [1.82, 2.24) is 9.36 Å². The van der Waals surface area contributed by atoms with Crippen molar-refractivity contribution in [2.45, 2.75) is 26.5 Å². The molecule has 3 N–H and O–H groups in total. The Morgan fingerprint density at radius 1 is 1.45 bits per heavy atom. The summed E-state index contributed by atoms with van der Waals surface area (Å²) in [5, 5.41) is 4.10. The highest BCUT2D eigenvalue weighted by molar-refractivity contribution is 7.11. The molecule has 0 bridgehead atoms. The molecule has 2 heterocycles. The Bertz CT molecular complexity index is 571. The van der Waals surface area contributed by atoms with Gasteiger partial charge in [-0.2, -0.15) is 4.37 Å². The van der Waals surface area contributed by atoms with Gasteiger partial charge in [0.15, 0.2) is 16.6 Å². The molecule has 2 rings (SSSR count). The van der Waals surface area contributed by atoms with Crippen molar-refractivity contribution in [3.8, 4) is 11.6 Å². The van der Waals surface area contributed by atoms with Gasteiger partial charge < -0.3 is 20.5 Å². The number of hydrogen-bond donors (Lipinski definition) is 2. The first kappa shape index (κ1) is 14.4. The molecule has 6 nitrogen and oxygen atoms in total. The summed E-state index contributed by atoms with van der Waals surface area (Å²) in [6, 6.07) is 3.79. The Morgan fingerprint density at radius 3 is 2.95 bits per heavy atom. The minimum absolute atomic E-state index is 0.0512. The number of aromatic nitrogens is 2. The quantitative estimate of drug-likeness (QED) is 0.852. The molecular weight excluding hydrogens is 276 g/mol. The highest BCUT2D eigenvalue weighted by Crippen LogP contribution is 2.36. The molecule has 0 unspecified atom stereocenters. The Kier molecular flexibility index (Phi) is 4.62. The van der Waals surface area contributed by atoms with Crippen molar-refractivity contribution in [2.24, 2.45) is 0 Å². The van der Waals surface area contributed by atoms with Crippen LogP contribution >= 0.6 is 11.5 Å². The molecule has 0 amide bonds. The minimum atomic E-state index is 0.0512. The van der Waals surface area contributed by atoms with Gasteiger partial charge in [0.2, 0.25) is 5.88 Å². The Hall–Kier alpha value is -2.02. The smallest absolute Gasteiger partial charge is 0.213 e. The first-order valence-electron chi connectivity index (χ1n) is 6.24. The number of nitrogens with one attached hydrogen (secondary N) is 1. The molecule has 108 valence electrons. The monoisotopic (exact) mass is 294 g/mol. The van der Waals surface area contributed by atoms with Gasteiger partial charge in [0.05, 0.1) is 13.2 Å². The van der Waals surface area contributed by atoms with Gasteiger partial charge in [-0.25, -0.2) is 4.98 Å². The van der Waals surface area contributed by atoms with Gasteiger partial charge in [0, 0.05) is 18.8 Å². The molecule has 0 atom stereocenters. The van der Waals surface area contributed by atoms with Crippen molar-refractivity contribution >= 4 is 22.4 Å². The van der Waals surface area contributed by atoms with Crippen LogP contribution in [0.1, 0.15) is 19.4 Å². The van der Waals surface area contributed by atoms with Crippen LogP contribution in [0.5, 0.6) is 11.6 Å². The van der Waals surface area contributed by atoms with Crippen LogP contribution in [-0.4, -0.2) is 22.6 Å². The van der Waals surface area contributed by atoms with Gasteiger partial charge in [-0.05, 0) is 37.0 Å². The van der Waals surface area contributed by atoms with E-state index in [1.54, 1.807) is 13.3 Å². The standard InChI is InChI=1S/C13H18N4O2S/c1-8(2)19-11-12(14)17-20-13(11)16-7-9-4-5-15-10(6-9)18-3/h4-6,8,16H,7H2,1-3H3,(H2,14,17). The fourth-order valence-corrected chi connectivity index (χ4v) is 2.26. The summed E-state index contributed by atoms with van der Waals surface area (Å²) in [7, 11) is 1.60. The van der Waals surface area contributed by atoms with E-state index in [1.165, 1.54) is 11.5 Å². The summed E-state index contributed by atoms with van der Waals surface area (Å²) in [6.45, 7) is 4.53. The van der Waals surface area contributed by atoms with E-state index in [9.17, 15) is 0 Å². The predicted molar refractivity (Wildman–Crippen MR) is 80.4 cm³/mol. The maximum atomic E-state index is 5.81. The zero-order valence-electron chi connectivity index (χ0n) is 11.7. The number of ether oxygens (including phenoxy) is 2. The van der Waals surface area contributed by atoms with E-state index >= 15 is 0 Å². The third kappa shape index (κ3) is 3.51. The zero-order chi connectivity index (χ0) is 14.5. The molecular formula is C13H18N4O2S. The van der Waals surface area contributed by atoms with Crippen LogP contribution in [0.4, 0.5) is 10.8 Å². The predicted octanol–water partition coefficient (Wildman–Crippen LogP) is 2.53. The highest BCUT2D eigenvalue weighted by atomic mass is 32.1. The Morgan fingerprint density at radius 2 is 2.25 bits per heavy atom. The molecule has 0 saturated heterocycles. The van der Waals surface area contributed by atoms with Crippen molar-refractivity contribution in [3.63, 3.8) is 0 Å². The maximum Gasteiger partial charge on any atom is 0.213 e. The SMILES string of the molecule is COc1cc(CNc2snc(N)c2OC(C)C)ccn1. The summed E-state index contributed by atoms with van der Waals surface area (Å²) in [5.41, 5.74) is 6.86. The lowest BCUT2D eigenvalue weighted by Gasteiger charge is -2.11. The maximum absolute atomic E-state index is 5.81. The molecule has 0 aliphatic rings. The van der Waals surface area contributed by atoms with Crippen LogP contribution in [-0.2, 0) is 6.54 Å².